The summed E-state index contributed by atoms with van der Waals surface area (Å²) in [7, 11) is 0. The van der Waals surface area contributed by atoms with Crippen LogP contribution in [0.4, 0.5) is 5.69 Å². The number of carbonyl (C=O) groups excluding carboxylic acids is 2. The Balaban J connectivity index is 2.06. The van der Waals surface area contributed by atoms with Crippen LogP contribution in [0.25, 0.3) is 0 Å². The molecule has 6 heteroatoms. The maximum atomic E-state index is 12.4. The van der Waals surface area contributed by atoms with Crippen LogP contribution in [-0.4, -0.2) is 47.9 Å². The summed E-state index contributed by atoms with van der Waals surface area (Å²) in [5, 5.41) is 5.99. The topological polar surface area (TPSA) is 74.3 Å². The van der Waals surface area contributed by atoms with Gasteiger partial charge in [-0.25, -0.2) is 0 Å². The summed E-state index contributed by atoms with van der Waals surface area (Å²) in [6.45, 7) is 4.41. The van der Waals surface area contributed by atoms with Gasteiger partial charge in [0, 0.05) is 44.5 Å². The van der Waals surface area contributed by atoms with Gasteiger partial charge in [0.2, 0.25) is 5.91 Å². The van der Waals surface area contributed by atoms with Gasteiger partial charge in [-0.05, 0) is 18.6 Å². The van der Waals surface area contributed by atoms with Gasteiger partial charge < -0.3 is 15.5 Å². The first-order valence-corrected chi connectivity index (χ1v) is 6.96. The van der Waals surface area contributed by atoms with E-state index in [4.69, 9.17) is 0 Å². The Morgan fingerprint density at radius 2 is 2.35 bits per heavy atom. The van der Waals surface area contributed by atoms with E-state index in [0.717, 1.165) is 18.7 Å². The Hall–Kier alpha value is -2.11. The molecule has 108 valence electrons. The first kappa shape index (κ1) is 14.3. The van der Waals surface area contributed by atoms with Gasteiger partial charge in [-0.1, -0.05) is 6.92 Å². The lowest BCUT2D eigenvalue weighted by atomic mass is 10.2. The molecule has 1 aliphatic rings. The molecule has 6 nitrogen and oxygen atoms in total. The van der Waals surface area contributed by atoms with Gasteiger partial charge in [0.1, 0.15) is 5.69 Å². The maximum absolute atomic E-state index is 12.4. The van der Waals surface area contributed by atoms with Crippen molar-refractivity contribution in [2.45, 2.75) is 19.8 Å². The molecule has 2 amide bonds. The largest absolute Gasteiger partial charge is 0.385 e. The van der Waals surface area contributed by atoms with Crippen molar-refractivity contribution in [3.05, 3.63) is 24.0 Å². The Morgan fingerprint density at radius 1 is 1.50 bits per heavy atom. The quantitative estimate of drug-likeness (QED) is 0.855. The zero-order valence-electron chi connectivity index (χ0n) is 11.7. The van der Waals surface area contributed by atoms with E-state index in [1.807, 2.05) is 6.07 Å². The highest BCUT2D eigenvalue weighted by atomic mass is 16.2. The van der Waals surface area contributed by atoms with E-state index in [1.165, 1.54) is 0 Å². The molecule has 1 aromatic heterocycles. The molecule has 0 atom stereocenters. The molecule has 2 heterocycles. The van der Waals surface area contributed by atoms with Crippen molar-refractivity contribution in [3.8, 4) is 0 Å². The first-order valence-electron chi connectivity index (χ1n) is 6.96. The average Bonchev–Trinajstić information content (AvgIpc) is 2.69. The van der Waals surface area contributed by atoms with E-state index >= 15 is 0 Å². The van der Waals surface area contributed by atoms with Gasteiger partial charge >= 0.3 is 0 Å². The fourth-order valence-electron chi connectivity index (χ4n) is 2.06. The van der Waals surface area contributed by atoms with Crippen LogP contribution in [-0.2, 0) is 4.79 Å². The highest BCUT2D eigenvalue weighted by Gasteiger charge is 2.20. The summed E-state index contributed by atoms with van der Waals surface area (Å²) < 4.78 is 0. The number of amides is 2. The summed E-state index contributed by atoms with van der Waals surface area (Å²) in [6.07, 6.45) is 3.00. The summed E-state index contributed by atoms with van der Waals surface area (Å²) in [5.41, 5.74) is 1.31. The predicted molar refractivity (Wildman–Crippen MR) is 76.5 cm³/mol. The lowest BCUT2D eigenvalue weighted by molar-refractivity contribution is -0.120. The molecule has 1 aromatic rings. The van der Waals surface area contributed by atoms with Crippen LogP contribution in [0.15, 0.2) is 18.3 Å². The summed E-state index contributed by atoms with van der Waals surface area (Å²) >= 11 is 0. The smallest absolute Gasteiger partial charge is 0.272 e. The minimum Gasteiger partial charge on any atom is -0.385 e. The molecule has 1 saturated heterocycles. The molecular weight excluding hydrogens is 256 g/mol. The summed E-state index contributed by atoms with van der Waals surface area (Å²) in [5.74, 6) is -0.131. The normalized spacial score (nSPS) is 15.4. The van der Waals surface area contributed by atoms with Crippen molar-refractivity contribution in [2.24, 2.45) is 0 Å². The highest BCUT2D eigenvalue weighted by molar-refractivity contribution is 5.93. The Labute approximate surface area is 118 Å². The summed E-state index contributed by atoms with van der Waals surface area (Å²) in [4.78, 5) is 29.5. The molecular formula is C14H20N4O2. The summed E-state index contributed by atoms with van der Waals surface area (Å²) in [6, 6.07) is 3.61. The molecule has 0 spiro atoms. The number of nitrogens with one attached hydrogen (secondary N) is 2. The zero-order chi connectivity index (χ0) is 14.4. The molecule has 0 aromatic carbocycles. The van der Waals surface area contributed by atoms with E-state index in [-0.39, 0.29) is 11.8 Å². The van der Waals surface area contributed by atoms with E-state index in [0.29, 0.717) is 31.7 Å². The Kier molecular flexibility index (Phi) is 4.92. The molecule has 20 heavy (non-hydrogen) atoms. The second kappa shape index (κ2) is 6.88. The molecule has 1 aliphatic heterocycles. The second-order valence-electron chi connectivity index (χ2n) is 4.75. The number of anilines is 1. The highest BCUT2D eigenvalue weighted by Crippen LogP contribution is 2.11. The van der Waals surface area contributed by atoms with Gasteiger partial charge in [-0.3, -0.25) is 14.6 Å². The third-order valence-electron chi connectivity index (χ3n) is 3.16. The Morgan fingerprint density at radius 3 is 3.15 bits per heavy atom. The van der Waals surface area contributed by atoms with Crippen LogP contribution in [0, 0.1) is 0 Å². The molecule has 0 unspecified atom stereocenters. The van der Waals surface area contributed by atoms with E-state index in [2.05, 4.69) is 22.5 Å². The van der Waals surface area contributed by atoms with Crippen molar-refractivity contribution >= 4 is 17.5 Å². The fraction of sp³-hybridized carbons (Fsp3) is 0.500. The second-order valence-corrected chi connectivity index (χ2v) is 4.75. The van der Waals surface area contributed by atoms with Gasteiger partial charge in [-0.15, -0.1) is 0 Å². The van der Waals surface area contributed by atoms with Gasteiger partial charge in [0.05, 0.1) is 0 Å². The number of carbonyl (C=O) groups is 2. The number of hydrogen-bond donors (Lipinski definition) is 2. The van der Waals surface area contributed by atoms with Gasteiger partial charge in [-0.2, -0.15) is 0 Å². The number of pyridine rings is 1. The van der Waals surface area contributed by atoms with Crippen LogP contribution < -0.4 is 10.6 Å². The fourth-order valence-corrected chi connectivity index (χ4v) is 2.06. The SMILES string of the molecule is CCCNc1ccnc(C(=O)N2CCNC(=O)CC2)c1. The predicted octanol–water partition coefficient (Wildman–Crippen LogP) is 0.866. The molecule has 2 rings (SSSR count). The van der Waals surface area contributed by atoms with Crippen LogP contribution in [0.1, 0.15) is 30.3 Å². The van der Waals surface area contributed by atoms with Crippen LogP contribution >= 0.6 is 0 Å². The number of nitrogens with zero attached hydrogens (tertiary/aromatic N) is 2. The van der Waals surface area contributed by atoms with E-state index < -0.39 is 0 Å². The molecule has 0 bridgehead atoms. The van der Waals surface area contributed by atoms with Gasteiger partial charge in [0.25, 0.3) is 5.91 Å². The third kappa shape index (κ3) is 3.69. The van der Waals surface area contributed by atoms with Crippen LogP contribution in [0.2, 0.25) is 0 Å². The van der Waals surface area contributed by atoms with E-state index in [1.54, 1.807) is 17.2 Å². The molecule has 0 radical (unpaired) electrons. The number of rotatable bonds is 4. The van der Waals surface area contributed by atoms with Gasteiger partial charge in [0.15, 0.2) is 0 Å². The lowest BCUT2D eigenvalue weighted by Gasteiger charge is -2.19. The van der Waals surface area contributed by atoms with E-state index in [9.17, 15) is 9.59 Å². The minimum atomic E-state index is -0.123. The first-order chi connectivity index (χ1) is 9.70. The number of hydrogen-bond acceptors (Lipinski definition) is 4. The minimum absolute atomic E-state index is 0.00776. The third-order valence-corrected chi connectivity index (χ3v) is 3.16. The standard InChI is InChI=1S/C14H20N4O2/c1-2-5-15-11-3-6-16-12(10-11)14(20)18-8-4-13(19)17-7-9-18/h3,6,10H,2,4-5,7-9H2,1H3,(H,15,16)(H,17,19). The molecule has 1 fully saturated rings. The van der Waals surface area contributed by atoms with Crippen molar-refractivity contribution in [1.82, 2.24) is 15.2 Å². The van der Waals surface area contributed by atoms with Crippen molar-refractivity contribution in [1.29, 1.82) is 0 Å². The zero-order valence-corrected chi connectivity index (χ0v) is 11.7. The van der Waals surface area contributed by atoms with Crippen molar-refractivity contribution in [3.63, 3.8) is 0 Å². The Bertz CT molecular complexity index is 490. The molecule has 2 N–H and O–H groups in total. The number of aromatic nitrogens is 1. The molecule has 0 saturated carbocycles. The molecule has 0 aliphatic carbocycles. The monoisotopic (exact) mass is 276 g/mol. The van der Waals surface area contributed by atoms with Crippen LogP contribution in [0.5, 0.6) is 0 Å². The maximum Gasteiger partial charge on any atom is 0.272 e. The van der Waals surface area contributed by atoms with Crippen LogP contribution in [0.3, 0.4) is 0 Å². The average molecular weight is 276 g/mol. The lowest BCUT2D eigenvalue weighted by Crippen LogP contribution is -2.34. The van der Waals surface area contributed by atoms with Crippen molar-refractivity contribution < 1.29 is 9.59 Å². The van der Waals surface area contributed by atoms with Crippen molar-refractivity contribution in [2.75, 3.05) is 31.5 Å².